The number of hydrogen-bond donors (Lipinski definition) is 1. The maximum atomic E-state index is 13.0. The summed E-state index contributed by atoms with van der Waals surface area (Å²) in [6.07, 6.45) is 5.84. The smallest absolute Gasteiger partial charge is 0.251 e. The molecule has 1 aromatic heterocycles. The van der Waals surface area contributed by atoms with Crippen LogP contribution in [-0.4, -0.2) is 45.9 Å². The van der Waals surface area contributed by atoms with E-state index in [1.807, 2.05) is 33.7 Å². The first-order valence-corrected chi connectivity index (χ1v) is 11.4. The van der Waals surface area contributed by atoms with E-state index in [0.29, 0.717) is 24.9 Å². The second-order valence-electron chi connectivity index (χ2n) is 8.26. The summed E-state index contributed by atoms with van der Waals surface area (Å²) in [5.41, 5.74) is 2.27. The number of nitrogens with one attached hydrogen (secondary N) is 1. The van der Waals surface area contributed by atoms with Crippen LogP contribution in [0.25, 0.3) is 11.0 Å². The molecule has 0 atom stereocenters. The lowest BCUT2D eigenvalue weighted by Gasteiger charge is -2.21. The summed E-state index contributed by atoms with van der Waals surface area (Å²) >= 11 is 0. The van der Waals surface area contributed by atoms with Crippen LogP contribution in [0.2, 0.25) is 0 Å². The van der Waals surface area contributed by atoms with Gasteiger partial charge in [0.2, 0.25) is 5.91 Å². The van der Waals surface area contributed by atoms with Gasteiger partial charge in [-0.15, -0.1) is 0 Å². The van der Waals surface area contributed by atoms with Gasteiger partial charge in [-0.05, 0) is 55.7 Å². The number of nitrogens with zero attached hydrogens (tertiary/aromatic N) is 3. The zero-order chi connectivity index (χ0) is 22.3. The van der Waals surface area contributed by atoms with Crippen molar-refractivity contribution in [3.05, 3.63) is 65.7 Å². The molecule has 0 bridgehead atoms. The third-order valence-electron chi connectivity index (χ3n) is 5.95. The Morgan fingerprint density at radius 2 is 1.69 bits per heavy atom. The van der Waals surface area contributed by atoms with E-state index < -0.39 is 0 Å². The molecular formula is C25H29FN4O2. The Bertz CT molecular complexity index is 1070. The molecule has 1 aliphatic heterocycles. The molecule has 0 radical (unpaired) electrons. The van der Waals surface area contributed by atoms with E-state index in [4.69, 9.17) is 4.98 Å². The highest BCUT2D eigenvalue weighted by Gasteiger charge is 2.19. The summed E-state index contributed by atoms with van der Waals surface area (Å²) in [6, 6.07) is 13.4. The van der Waals surface area contributed by atoms with Crippen molar-refractivity contribution in [3.8, 4) is 0 Å². The summed E-state index contributed by atoms with van der Waals surface area (Å²) < 4.78 is 15.0. The average molecular weight is 437 g/mol. The average Bonchev–Trinajstić information content (AvgIpc) is 2.96. The third-order valence-corrected chi connectivity index (χ3v) is 5.95. The minimum Gasteiger partial charge on any atom is -0.352 e. The van der Waals surface area contributed by atoms with Crippen LogP contribution < -0.4 is 5.32 Å². The standard InChI is InChI=1S/C25H29FN4O2/c26-20-13-11-19(12-14-20)25(32)27-15-7-10-23-28-21-8-3-4-9-22(21)30(23)18-24(31)29-16-5-1-2-6-17-29/h3-4,8-9,11-14H,1-2,5-7,10,15-18H2,(H,27,32). The minimum absolute atomic E-state index is 0.140. The molecule has 1 saturated heterocycles. The lowest BCUT2D eigenvalue weighted by Crippen LogP contribution is -2.35. The Hall–Kier alpha value is -3.22. The topological polar surface area (TPSA) is 67.2 Å². The van der Waals surface area contributed by atoms with Gasteiger partial charge in [-0.25, -0.2) is 9.37 Å². The van der Waals surface area contributed by atoms with Crippen LogP contribution in [0.4, 0.5) is 4.39 Å². The van der Waals surface area contributed by atoms with E-state index in [1.165, 1.54) is 37.1 Å². The van der Waals surface area contributed by atoms with E-state index in [1.54, 1.807) is 0 Å². The van der Waals surface area contributed by atoms with Gasteiger partial charge in [0.1, 0.15) is 18.2 Å². The van der Waals surface area contributed by atoms with Crippen molar-refractivity contribution < 1.29 is 14.0 Å². The molecule has 1 N–H and O–H groups in total. The molecule has 0 spiro atoms. The van der Waals surface area contributed by atoms with E-state index >= 15 is 0 Å². The fourth-order valence-electron chi connectivity index (χ4n) is 4.20. The van der Waals surface area contributed by atoms with Gasteiger partial charge in [0.05, 0.1) is 11.0 Å². The highest BCUT2D eigenvalue weighted by atomic mass is 19.1. The van der Waals surface area contributed by atoms with Crippen molar-refractivity contribution in [2.24, 2.45) is 0 Å². The van der Waals surface area contributed by atoms with Crippen LogP contribution >= 0.6 is 0 Å². The van der Waals surface area contributed by atoms with E-state index in [0.717, 1.165) is 42.8 Å². The Morgan fingerprint density at radius 1 is 0.969 bits per heavy atom. The molecular weight excluding hydrogens is 407 g/mol. The minimum atomic E-state index is -0.366. The number of aromatic nitrogens is 2. The summed E-state index contributed by atoms with van der Waals surface area (Å²) in [7, 11) is 0. The second kappa shape index (κ2) is 10.4. The molecule has 1 fully saturated rings. The maximum Gasteiger partial charge on any atom is 0.251 e. The second-order valence-corrected chi connectivity index (χ2v) is 8.26. The molecule has 1 aliphatic rings. The number of rotatable bonds is 7. The number of benzene rings is 2. The molecule has 0 saturated carbocycles. The maximum absolute atomic E-state index is 13.0. The number of likely N-dealkylation sites (tertiary alicyclic amines) is 1. The van der Waals surface area contributed by atoms with Gasteiger partial charge in [-0.2, -0.15) is 0 Å². The Kier molecular flexibility index (Phi) is 7.14. The fourth-order valence-corrected chi connectivity index (χ4v) is 4.20. The molecule has 2 amide bonds. The van der Waals surface area contributed by atoms with Crippen LogP contribution in [0.3, 0.4) is 0 Å². The summed E-state index contributed by atoms with van der Waals surface area (Å²) in [5, 5.41) is 2.87. The number of carbonyl (C=O) groups is 2. The van der Waals surface area contributed by atoms with Crippen LogP contribution in [0.5, 0.6) is 0 Å². The van der Waals surface area contributed by atoms with Crippen molar-refractivity contribution in [2.75, 3.05) is 19.6 Å². The van der Waals surface area contributed by atoms with Gasteiger partial charge >= 0.3 is 0 Å². The molecule has 32 heavy (non-hydrogen) atoms. The van der Waals surface area contributed by atoms with Crippen LogP contribution in [0, 0.1) is 5.82 Å². The number of hydrogen-bond acceptors (Lipinski definition) is 3. The quantitative estimate of drug-likeness (QED) is 0.571. The first-order chi connectivity index (χ1) is 15.6. The monoisotopic (exact) mass is 436 g/mol. The zero-order valence-electron chi connectivity index (χ0n) is 18.2. The van der Waals surface area contributed by atoms with Crippen LogP contribution in [0.15, 0.2) is 48.5 Å². The number of aryl methyl sites for hydroxylation is 1. The number of para-hydroxylation sites is 2. The van der Waals surface area contributed by atoms with Crippen molar-refractivity contribution in [3.63, 3.8) is 0 Å². The Labute approximate surface area is 187 Å². The lowest BCUT2D eigenvalue weighted by molar-refractivity contribution is -0.131. The first kappa shape index (κ1) is 22.0. The number of imidazole rings is 1. The number of carbonyl (C=O) groups excluding carboxylic acids is 2. The van der Waals surface area contributed by atoms with E-state index in [-0.39, 0.29) is 24.2 Å². The zero-order valence-corrected chi connectivity index (χ0v) is 18.2. The third kappa shape index (κ3) is 5.33. The number of fused-ring (bicyclic) bond motifs is 1. The van der Waals surface area contributed by atoms with Crippen LogP contribution in [-0.2, 0) is 17.8 Å². The van der Waals surface area contributed by atoms with Gasteiger partial charge in [0.25, 0.3) is 5.91 Å². The van der Waals surface area contributed by atoms with Crippen molar-refractivity contribution in [1.82, 2.24) is 19.8 Å². The van der Waals surface area contributed by atoms with E-state index in [2.05, 4.69) is 5.32 Å². The van der Waals surface area contributed by atoms with E-state index in [9.17, 15) is 14.0 Å². The normalized spacial score (nSPS) is 14.3. The largest absolute Gasteiger partial charge is 0.352 e. The highest BCUT2D eigenvalue weighted by molar-refractivity contribution is 5.94. The van der Waals surface area contributed by atoms with Crippen molar-refractivity contribution in [1.29, 1.82) is 0 Å². The molecule has 2 aromatic carbocycles. The lowest BCUT2D eigenvalue weighted by atomic mass is 10.2. The molecule has 6 nitrogen and oxygen atoms in total. The van der Waals surface area contributed by atoms with Gasteiger partial charge in [0.15, 0.2) is 0 Å². The Balaban J connectivity index is 1.40. The van der Waals surface area contributed by atoms with Crippen molar-refractivity contribution in [2.45, 2.75) is 45.1 Å². The predicted octanol–water partition coefficient (Wildman–Crippen LogP) is 3.94. The first-order valence-electron chi connectivity index (χ1n) is 11.4. The number of halogens is 1. The molecule has 2 heterocycles. The van der Waals surface area contributed by atoms with Gasteiger partial charge in [-0.3, -0.25) is 9.59 Å². The summed E-state index contributed by atoms with van der Waals surface area (Å²) in [4.78, 5) is 32.0. The van der Waals surface area contributed by atoms with Gasteiger partial charge in [-0.1, -0.05) is 25.0 Å². The Morgan fingerprint density at radius 3 is 2.44 bits per heavy atom. The number of amides is 2. The van der Waals surface area contributed by atoms with Gasteiger partial charge < -0.3 is 14.8 Å². The molecule has 3 aromatic rings. The summed E-state index contributed by atoms with van der Waals surface area (Å²) in [5.74, 6) is 0.399. The fraction of sp³-hybridized carbons (Fsp3) is 0.400. The molecule has 0 unspecified atom stereocenters. The predicted molar refractivity (Wildman–Crippen MR) is 122 cm³/mol. The molecule has 7 heteroatoms. The van der Waals surface area contributed by atoms with Crippen molar-refractivity contribution >= 4 is 22.8 Å². The van der Waals surface area contributed by atoms with Gasteiger partial charge in [0, 0.05) is 31.6 Å². The molecule has 168 valence electrons. The molecule has 4 rings (SSSR count). The highest BCUT2D eigenvalue weighted by Crippen LogP contribution is 2.18. The summed E-state index contributed by atoms with van der Waals surface area (Å²) in [6.45, 7) is 2.42. The SMILES string of the molecule is O=C(NCCCc1nc2ccccc2n1CC(=O)N1CCCCCC1)c1ccc(F)cc1. The molecule has 0 aliphatic carbocycles. The van der Waals surface area contributed by atoms with Crippen LogP contribution in [0.1, 0.15) is 48.3 Å².